The molecule has 1 N–H and O–H groups in total. The van der Waals surface area contributed by atoms with Gasteiger partial charge in [0.05, 0.1) is 19.1 Å². The Morgan fingerprint density at radius 3 is 2.52 bits per heavy atom. The molecule has 1 aromatic heterocycles. The van der Waals surface area contributed by atoms with Gasteiger partial charge in [-0.15, -0.1) is 0 Å². The molecule has 0 spiro atoms. The highest BCUT2D eigenvalue weighted by Gasteiger charge is 2.27. The second-order valence-electron chi connectivity index (χ2n) is 4.37. The van der Waals surface area contributed by atoms with Crippen LogP contribution in [0, 0.1) is 17.0 Å². The Bertz CT molecular complexity index is 624. The van der Waals surface area contributed by atoms with E-state index in [0.29, 0.717) is 0 Å². The van der Waals surface area contributed by atoms with Crippen molar-refractivity contribution in [3.05, 3.63) is 21.1 Å². The molecule has 0 amide bonds. The molecule has 0 saturated heterocycles. The molecule has 1 rings (SSSR count). The van der Waals surface area contributed by atoms with Crippen molar-refractivity contribution in [2.24, 2.45) is 0 Å². The number of anilines is 1. The highest BCUT2D eigenvalue weighted by molar-refractivity contribution is 6.28. The molecule has 11 heteroatoms. The van der Waals surface area contributed by atoms with Gasteiger partial charge in [0.2, 0.25) is 11.1 Å². The minimum atomic E-state index is -1.04. The lowest BCUT2D eigenvalue weighted by molar-refractivity contribution is -0.385. The molecular weight excluding hydrogens is 332 g/mol. The van der Waals surface area contributed by atoms with Crippen molar-refractivity contribution in [2.75, 3.05) is 19.5 Å². The van der Waals surface area contributed by atoms with Crippen molar-refractivity contribution in [3.8, 4) is 0 Å². The van der Waals surface area contributed by atoms with Gasteiger partial charge in [-0.05, 0) is 24.9 Å². The van der Waals surface area contributed by atoms with E-state index in [2.05, 4.69) is 24.8 Å². The third-order valence-corrected chi connectivity index (χ3v) is 3.04. The number of carbonyl (C=O) groups is 2. The standard InChI is InChI=1S/C12H15ClN4O6/c1-6-9(17(20)21)10(16-12(13)14-6)15-7(11(19)23-3)4-5-8(18)22-2/h7H,4-5H2,1-3H3,(H,14,15,16). The molecule has 126 valence electrons. The molecule has 0 aliphatic heterocycles. The molecule has 0 aliphatic carbocycles. The monoisotopic (exact) mass is 346 g/mol. The van der Waals surface area contributed by atoms with E-state index in [4.69, 9.17) is 11.6 Å². The topological polar surface area (TPSA) is 134 Å². The number of rotatable bonds is 7. The van der Waals surface area contributed by atoms with Crippen LogP contribution in [0.2, 0.25) is 5.28 Å². The number of nitro groups is 1. The maximum Gasteiger partial charge on any atom is 0.332 e. The van der Waals surface area contributed by atoms with Gasteiger partial charge in [-0.3, -0.25) is 14.9 Å². The van der Waals surface area contributed by atoms with Gasteiger partial charge in [0.25, 0.3) is 0 Å². The van der Waals surface area contributed by atoms with E-state index in [9.17, 15) is 19.7 Å². The van der Waals surface area contributed by atoms with Crippen molar-refractivity contribution in [1.29, 1.82) is 0 Å². The molecule has 0 saturated carbocycles. The zero-order valence-corrected chi connectivity index (χ0v) is 13.4. The summed E-state index contributed by atoms with van der Waals surface area (Å²) in [4.78, 5) is 40.9. The Labute approximate surface area is 136 Å². The van der Waals surface area contributed by atoms with Crippen molar-refractivity contribution >= 4 is 35.0 Å². The second kappa shape index (κ2) is 8.22. The first-order valence-corrected chi connectivity index (χ1v) is 6.77. The van der Waals surface area contributed by atoms with Crippen molar-refractivity contribution in [1.82, 2.24) is 9.97 Å². The van der Waals surface area contributed by atoms with Crippen LogP contribution < -0.4 is 5.32 Å². The second-order valence-corrected chi connectivity index (χ2v) is 4.71. The van der Waals surface area contributed by atoms with E-state index in [1.165, 1.54) is 14.0 Å². The lowest BCUT2D eigenvalue weighted by atomic mass is 10.1. The van der Waals surface area contributed by atoms with Crippen LogP contribution in [-0.4, -0.2) is 47.1 Å². The summed E-state index contributed by atoms with van der Waals surface area (Å²) in [6.45, 7) is 1.39. The van der Waals surface area contributed by atoms with E-state index in [0.717, 1.165) is 7.11 Å². The Balaban J connectivity index is 3.10. The Kier molecular flexibility index (Phi) is 6.64. The van der Waals surface area contributed by atoms with Gasteiger partial charge in [-0.25, -0.2) is 9.78 Å². The number of aryl methyl sites for hydroxylation is 1. The summed E-state index contributed by atoms with van der Waals surface area (Å²) in [6, 6.07) is -1.04. The maximum absolute atomic E-state index is 11.8. The van der Waals surface area contributed by atoms with Crippen LogP contribution in [0.3, 0.4) is 0 Å². The number of methoxy groups -OCH3 is 2. The minimum Gasteiger partial charge on any atom is -0.469 e. The Hall–Kier alpha value is -2.49. The molecule has 23 heavy (non-hydrogen) atoms. The van der Waals surface area contributed by atoms with Gasteiger partial charge < -0.3 is 14.8 Å². The van der Waals surface area contributed by atoms with Gasteiger partial charge in [0.1, 0.15) is 11.7 Å². The van der Waals surface area contributed by atoms with Crippen LogP contribution in [0.25, 0.3) is 0 Å². The van der Waals surface area contributed by atoms with Gasteiger partial charge in [-0.1, -0.05) is 0 Å². The molecule has 10 nitrogen and oxygen atoms in total. The molecule has 0 aliphatic rings. The molecule has 0 radical (unpaired) electrons. The first kappa shape index (κ1) is 18.6. The highest BCUT2D eigenvalue weighted by Crippen LogP contribution is 2.27. The number of nitrogens with zero attached hydrogens (tertiary/aromatic N) is 3. The largest absolute Gasteiger partial charge is 0.469 e. The minimum absolute atomic E-state index is 0.00281. The number of nitrogens with one attached hydrogen (secondary N) is 1. The van der Waals surface area contributed by atoms with E-state index < -0.39 is 28.6 Å². The van der Waals surface area contributed by atoms with E-state index in [1.54, 1.807) is 0 Å². The SMILES string of the molecule is COC(=O)CCC(Nc1nc(Cl)nc(C)c1[N+](=O)[O-])C(=O)OC. The molecule has 0 bridgehead atoms. The van der Waals surface area contributed by atoms with E-state index in [-0.39, 0.29) is 29.6 Å². The molecule has 1 unspecified atom stereocenters. The smallest absolute Gasteiger partial charge is 0.332 e. The number of hydrogen-bond donors (Lipinski definition) is 1. The normalized spacial score (nSPS) is 11.5. The number of aromatic nitrogens is 2. The zero-order valence-electron chi connectivity index (χ0n) is 12.7. The highest BCUT2D eigenvalue weighted by atomic mass is 35.5. The summed E-state index contributed by atoms with van der Waals surface area (Å²) in [5.41, 5.74) is -0.379. The van der Waals surface area contributed by atoms with Crippen molar-refractivity contribution in [2.45, 2.75) is 25.8 Å². The summed E-state index contributed by atoms with van der Waals surface area (Å²) < 4.78 is 9.10. The van der Waals surface area contributed by atoms with Crippen LogP contribution in [0.15, 0.2) is 0 Å². The summed E-state index contributed by atoms with van der Waals surface area (Å²) >= 11 is 5.70. The van der Waals surface area contributed by atoms with Gasteiger partial charge in [-0.2, -0.15) is 4.98 Å². The van der Waals surface area contributed by atoms with Crippen LogP contribution >= 0.6 is 11.6 Å². The first-order valence-electron chi connectivity index (χ1n) is 6.39. The average Bonchev–Trinajstić information content (AvgIpc) is 2.48. The predicted molar refractivity (Wildman–Crippen MR) is 79.1 cm³/mol. The average molecular weight is 347 g/mol. The number of hydrogen-bond acceptors (Lipinski definition) is 9. The van der Waals surface area contributed by atoms with Gasteiger partial charge in [0, 0.05) is 6.42 Å². The van der Waals surface area contributed by atoms with Crippen LogP contribution in [0.4, 0.5) is 11.5 Å². The number of halogens is 1. The third-order valence-electron chi connectivity index (χ3n) is 2.88. The van der Waals surface area contributed by atoms with Gasteiger partial charge >= 0.3 is 17.6 Å². The summed E-state index contributed by atoms with van der Waals surface area (Å²) in [6.07, 6.45) is -0.0912. The first-order chi connectivity index (χ1) is 10.8. The Morgan fingerprint density at radius 1 is 1.35 bits per heavy atom. The molecule has 1 heterocycles. The van der Waals surface area contributed by atoms with E-state index >= 15 is 0 Å². The predicted octanol–water partition coefficient (Wildman–Crippen LogP) is 1.25. The number of carbonyl (C=O) groups excluding carboxylic acids is 2. The number of ether oxygens (including phenoxy) is 2. The Morgan fingerprint density at radius 2 is 2.00 bits per heavy atom. The van der Waals surface area contributed by atoms with Crippen molar-refractivity contribution in [3.63, 3.8) is 0 Å². The summed E-state index contributed by atoms with van der Waals surface area (Å²) in [5.74, 6) is -1.48. The van der Waals surface area contributed by atoms with Gasteiger partial charge in [0.15, 0.2) is 0 Å². The maximum atomic E-state index is 11.8. The van der Waals surface area contributed by atoms with Crippen LogP contribution in [-0.2, 0) is 19.1 Å². The fourth-order valence-electron chi connectivity index (χ4n) is 1.77. The van der Waals surface area contributed by atoms with Crippen molar-refractivity contribution < 1.29 is 24.0 Å². The van der Waals surface area contributed by atoms with Crippen LogP contribution in [0.1, 0.15) is 18.5 Å². The quantitative estimate of drug-likeness (QED) is 0.335. The lowest BCUT2D eigenvalue weighted by Gasteiger charge is -2.16. The molecule has 0 aromatic carbocycles. The zero-order chi connectivity index (χ0) is 17.6. The number of esters is 2. The lowest BCUT2D eigenvalue weighted by Crippen LogP contribution is -2.32. The molecule has 1 aromatic rings. The molecule has 0 fully saturated rings. The molecule has 1 atom stereocenters. The summed E-state index contributed by atoms with van der Waals surface area (Å²) in [7, 11) is 2.36. The fraction of sp³-hybridized carbons (Fsp3) is 0.500. The summed E-state index contributed by atoms with van der Waals surface area (Å²) in [5, 5.41) is 13.5. The van der Waals surface area contributed by atoms with Crippen LogP contribution in [0.5, 0.6) is 0 Å². The van der Waals surface area contributed by atoms with E-state index in [1.807, 2.05) is 0 Å². The fourth-order valence-corrected chi connectivity index (χ4v) is 1.98. The molecular formula is C12H15ClN4O6. The third kappa shape index (κ3) is 5.02.